The van der Waals surface area contributed by atoms with Gasteiger partial charge < -0.3 is 21.7 Å². The van der Waals surface area contributed by atoms with Crippen molar-refractivity contribution in [3.8, 4) is 10.6 Å². The van der Waals surface area contributed by atoms with Crippen LogP contribution in [0.25, 0.3) is 10.6 Å². The maximum atomic E-state index is 12.8. The second kappa shape index (κ2) is 11.0. The van der Waals surface area contributed by atoms with Gasteiger partial charge in [0.1, 0.15) is 11.7 Å². The SMILES string of the molecule is Cc1ccc(-c2cc(C3CCN(C(=O)CNC(=O)[C@H](N=C(N)N)C4CCCCC4)CC3)[nH]n2)s1. The highest BCUT2D eigenvalue weighted by molar-refractivity contribution is 7.15. The lowest BCUT2D eigenvalue weighted by molar-refractivity contribution is -0.134. The molecule has 2 amide bonds. The molecule has 0 unspecified atom stereocenters. The van der Waals surface area contributed by atoms with Crippen molar-refractivity contribution >= 4 is 29.1 Å². The summed E-state index contributed by atoms with van der Waals surface area (Å²) in [5.41, 5.74) is 13.2. The lowest BCUT2D eigenvalue weighted by atomic mass is 9.83. The largest absolute Gasteiger partial charge is 0.370 e. The number of carbonyl (C=O) groups excluding carboxylic acids is 2. The minimum atomic E-state index is -0.620. The van der Waals surface area contributed by atoms with E-state index in [1.165, 1.54) is 11.3 Å². The second-order valence-corrected chi connectivity index (χ2v) is 10.7. The normalized spacial score (nSPS) is 18.4. The first-order chi connectivity index (χ1) is 16.4. The highest BCUT2D eigenvalue weighted by Crippen LogP contribution is 2.32. The van der Waals surface area contributed by atoms with Gasteiger partial charge >= 0.3 is 0 Å². The van der Waals surface area contributed by atoms with Gasteiger partial charge in [-0.1, -0.05) is 19.3 Å². The lowest BCUT2D eigenvalue weighted by Crippen LogP contribution is -2.47. The first-order valence-corrected chi connectivity index (χ1v) is 13.0. The summed E-state index contributed by atoms with van der Waals surface area (Å²) in [5.74, 6) is 0.0449. The Morgan fingerprint density at radius 2 is 1.94 bits per heavy atom. The van der Waals surface area contributed by atoms with Gasteiger partial charge in [-0.05, 0) is 56.7 Å². The van der Waals surface area contributed by atoms with Crippen LogP contribution in [0.15, 0.2) is 23.2 Å². The summed E-state index contributed by atoms with van der Waals surface area (Å²) in [7, 11) is 0. The van der Waals surface area contributed by atoms with Crippen molar-refractivity contribution in [2.24, 2.45) is 22.4 Å². The van der Waals surface area contributed by atoms with E-state index in [9.17, 15) is 9.59 Å². The van der Waals surface area contributed by atoms with Crippen molar-refractivity contribution < 1.29 is 9.59 Å². The van der Waals surface area contributed by atoms with E-state index in [0.29, 0.717) is 19.0 Å². The molecule has 0 radical (unpaired) electrons. The molecule has 0 aromatic carbocycles. The van der Waals surface area contributed by atoms with E-state index in [2.05, 4.69) is 45.6 Å². The van der Waals surface area contributed by atoms with Crippen LogP contribution < -0.4 is 16.8 Å². The predicted octanol–water partition coefficient (Wildman–Crippen LogP) is 2.49. The van der Waals surface area contributed by atoms with Gasteiger partial charge in [-0.3, -0.25) is 14.7 Å². The molecule has 3 heterocycles. The first kappa shape index (κ1) is 24.3. The van der Waals surface area contributed by atoms with E-state index in [4.69, 9.17) is 11.5 Å². The maximum Gasteiger partial charge on any atom is 0.245 e. The van der Waals surface area contributed by atoms with Gasteiger partial charge in [0.25, 0.3) is 0 Å². The predicted molar refractivity (Wildman–Crippen MR) is 134 cm³/mol. The van der Waals surface area contributed by atoms with Crippen molar-refractivity contribution in [3.63, 3.8) is 0 Å². The molecule has 6 N–H and O–H groups in total. The zero-order chi connectivity index (χ0) is 24.1. The number of nitrogens with one attached hydrogen (secondary N) is 2. The monoisotopic (exact) mass is 485 g/mol. The van der Waals surface area contributed by atoms with Crippen LogP contribution in [0.4, 0.5) is 0 Å². The fraction of sp³-hybridized carbons (Fsp3) is 0.583. The average Bonchev–Trinajstić information content (AvgIpc) is 3.50. The zero-order valence-corrected chi connectivity index (χ0v) is 20.6. The second-order valence-electron chi connectivity index (χ2n) is 9.39. The van der Waals surface area contributed by atoms with E-state index in [-0.39, 0.29) is 30.2 Å². The van der Waals surface area contributed by atoms with Crippen LogP contribution in [0.3, 0.4) is 0 Å². The summed E-state index contributed by atoms with van der Waals surface area (Å²) >= 11 is 1.74. The summed E-state index contributed by atoms with van der Waals surface area (Å²) in [6.45, 7) is 3.38. The molecular weight excluding hydrogens is 450 g/mol. The third-order valence-electron chi connectivity index (χ3n) is 6.94. The number of carbonyl (C=O) groups is 2. The number of H-pyrrole nitrogens is 1. The Hall–Kier alpha value is -2.88. The van der Waals surface area contributed by atoms with E-state index in [0.717, 1.165) is 54.8 Å². The number of hydrogen-bond donors (Lipinski definition) is 4. The number of likely N-dealkylation sites (tertiary alicyclic amines) is 1. The highest BCUT2D eigenvalue weighted by atomic mass is 32.1. The molecule has 2 aliphatic rings. The highest BCUT2D eigenvalue weighted by Gasteiger charge is 2.31. The fourth-order valence-corrected chi connectivity index (χ4v) is 5.88. The van der Waals surface area contributed by atoms with Crippen molar-refractivity contribution in [1.29, 1.82) is 0 Å². The fourth-order valence-electron chi connectivity index (χ4n) is 5.05. The summed E-state index contributed by atoms with van der Waals surface area (Å²) in [6, 6.07) is 5.71. The molecule has 0 spiro atoms. The summed E-state index contributed by atoms with van der Waals surface area (Å²) < 4.78 is 0. The van der Waals surface area contributed by atoms with Gasteiger partial charge in [0.15, 0.2) is 5.96 Å². The summed E-state index contributed by atoms with van der Waals surface area (Å²) in [5, 5.41) is 10.5. The summed E-state index contributed by atoms with van der Waals surface area (Å²) in [4.78, 5) is 34.0. The Morgan fingerprint density at radius 1 is 1.21 bits per heavy atom. The Labute approximate surface area is 204 Å². The topological polar surface area (TPSA) is 142 Å². The number of aromatic nitrogens is 2. The van der Waals surface area contributed by atoms with Crippen molar-refractivity contribution in [2.45, 2.75) is 63.8 Å². The molecule has 34 heavy (non-hydrogen) atoms. The number of aryl methyl sites for hydroxylation is 1. The van der Waals surface area contributed by atoms with Crippen LogP contribution in [0.2, 0.25) is 0 Å². The van der Waals surface area contributed by atoms with E-state index in [1.807, 2.05) is 4.90 Å². The number of piperidine rings is 1. The molecule has 184 valence electrons. The van der Waals surface area contributed by atoms with Crippen molar-refractivity contribution in [3.05, 3.63) is 28.8 Å². The minimum absolute atomic E-state index is 0.0291. The lowest BCUT2D eigenvalue weighted by Gasteiger charge is -2.32. The third kappa shape index (κ3) is 5.97. The molecule has 2 fully saturated rings. The van der Waals surface area contributed by atoms with Gasteiger partial charge in [-0.15, -0.1) is 11.3 Å². The van der Waals surface area contributed by atoms with Gasteiger partial charge in [-0.2, -0.15) is 5.10 Å². The molecule has 9 nitrogen and oxygen atoms in total. The Balaban J connectivity index is 1.26. The molecule has 1 aliphatic heterocycles. The number of aromatic amines is 1. The number of rotatable bonds is 7. The number of amides is 2. The van der Waals surface area contributed by atoms with Gasteiger partial charge in [0.2, 0.25) is 11.8 Å². The Morgan fingerprint density at radius 3 is 2.59 bits per heavy atom. The molecule has 1 saturated carbocycles. The average molecular weight is 486 g/mol. The summed E-state index contributed by atoms with van der Waals surface area (Å²) in [6.07, 6.45) is 6.91. The van der Waals surface area contributed by atoms with Crippen LogP contribution in [0.5, 0.6) is 0 Å². The van der Waals surface area contributed by atoms with Crippen LogP contribution in [-0.4, -0.2) is 58.5 Å². The first-order valence-electron chi connectivity index (χ1n) is 12.2. The van der Waals surface area contributed by atoms with Crippen LogP contribution in [-0.2, 0) is 9.59 Å². The number of guanidine groups is 1. The molecule has 1 atom stereocenters. The minimum Gasteiger partial charge on any atom is -0.370 e. The Kier molecular flexibility index (Phi) is 7.87. The van der Waals surface area contributed by atoms with Crippen LogP contribution >= 0.6 is 11.3 Å². The number of aliphatic imine (C=N–C) groups is 1. The quantitative estimate of drug-likeness (QED) is 0.352. The molecule has 2 aromatic rings. The van der Waals surface area contributed by atoms with Gasteiger partial charge in [0, 0.05) is 29.6 Å². The molecule has 1 aliphatic carbocycles. The molecule has 4 rings (SSSR count). The third-order valence-corrected chi connectivity index (χ3v) is 7.97. The van der Waals surface area contributed by atoms with E-state index < -0.39 is 6.04 Å². The molecule has 0 bridgehead atoms. The van der Waals surface area contributed by atoms with E-state index >= 15 is 0 Å². The van der Waals surface area contributed by atoms with E-state index in [1.54, 1.807) is 11.3 Å². The molecule has 2 aromatic heterocycles. The Bertz CT molecular complexity index is 1010. The number of nitrogens with two attached hydrogens (primary N) is 2. The standard InChI is InChI=1S/C24H35N7O2S/c1-15-7-8-20(34-15)19-13-18(29-30-19)16-9-11-31(12-10-16)21(32)14-27-23(33)22(28-24(25)26)17-5-3-2-4-6-17/h7-8,13,16-17,22H,2-6,9-12,14H2,1H3,(H,27,33)(H,29,30)(H4,25,26,28)/t22-/m1/s1. The zero-order valence-electron chi connectivity index (χ0n) is 19.8. The molecule has 1 saturated heterocycles. The molecular formula is C24H35N7O2S. The molecule has 10 heteroatoms. The van der Waals surface area contributed by atoms with Crippen molar-refractivity contribution in [1.82, 2.24) is 20.4 Å². The smallest absolute Gasteiger partial charge is 0.245 e. The van der Waals surface area contributed by atoms with Crippen molar-refractivity contribution in [2.75, 3.05) is 19.6 Å². The maximum absolute atomic E-state index is 12.8. The van der Waals surface area contributed by atoms with Gasteiger partial charge in [0.05, 0.1) is 11.4 Å². The van der Waals surface area contributed by atoms with Crippen LogP contribution in [0.1, 0.15) is 61.4 Å². The van der Waals surface area contributed by atoms with Gasteiger partial charge in [-0.25, -0.2) is 4.99 Å². The van der Waals surface area contributed by atoms with Crippen LogP contribution in [0, 0.1) is 12.8 Å². The number of thiophene rings is 1. The number of nitrogens with zero attached hydrogens (tertiary/aromatic N) is 3. The number of hydrogen-bond acceptors (Lipinski definition) is 5.